The molecule has 2 aromatic rings. The number of nitrogens with two attached hydrogens (primary N) is 1. The minimum Gasteiger partial charge on any atom is -0.328 e. The normalized spacial score (nSPS) is 18.2. The first-order valence-corrected chi connectivity index (χ1v) is 6.33. The van der Waals surface area contributed by atoms with Gasteiger partial charge >= 0.3 is 0 Å². The quantitative estimate of drug-likeness (QED) is 0.876. The van der Waals surface area contributed by atoms with Crippen LogP contribution in [0, 0.1) is 0 Å². The van der Waals surface area contributed by atoms with Gasteiger partial charge in [0.25, 0.3) is 0 Å². The van der Waals surface area contributed by atoms with Crippen LogP contribution in [0.25, 0.3) is 5.65 Å². The van der Waals surface area contributed by atoms with Crippen LogP contribution in [0.5, 0.6) is 0 Å². The lowest BCUT2D eigenvalue weighted by Gasteiger charge is -2.21. The Labute approximate surface area is 101 Å². The highest BCUT2D eigenvalue weighted by molar-refractivity contribution is 5.39. The van der Waals surface area contributed by atoms with Crippen LogP contribution in [0.3, 0.4) is 0 Å². The van der Waals surface area contributed by atoms with Crippen LogP contribution in [-0.2, 0) is 6.42 Å². The summed E-state index contributed by atoms with van der Waals surface area (Å²) in [5.74, 6) is 1.60. The monoisotopic (exact) mass is 230 g/mol. The highest BCUT2D eigenvalue weighted by Gasteiger charge is 2.23. The molecule has 90 valence electrons. The zero-order valence-corrected chi connectivity index (χ0v) is 10.1. The Hall–Kier alpha value is -1.42. The third-order valence-corrected chi connectivity index (χ3v) is 3.44. The SMILES string of the molecule is CC(N)Cc1ccc2nc(C3CCC3)nn2c1. The molecule has 1 unspecified atom stereocenters. The van der Waals surface area contributed by atoms with Crippen molar-refractivity contribution in [3.63, 3.8) is 0 Å². The highest BCUT2D eigenvalue weighted by atomic mass is 15.3. The van der Waals surface area contributed by atoms with E-state index >= 15 is 0 Å². The van der Waals surface area contributed by atoms with Gasteiger partial charge in [0.1, 0.15) is 0 Å². The van der Waals surface area contributed by atoms with Crippen molar-refractivity contribution < 1.29 is 0 Å². The Bertz CT molecular complexity index is 525. The average Bonchev–Trinajstić information content (AvgIpc) is 2.56. The molecule has 1 atom stereocenters. The smallest absolute Gasteiger partial charge is 0.155 e. The van der Waals surface area contributed by atoms with Crippen molar-refractivity contribution in [3.05, 3.63) is 29.7 Å². The number of rotatable bonds is 3. The van der Waals surface area contributed by atoms with E-state index in [-0.39, 0.29) is 6.04 Å². The number of fused-ring (bicyclic) bond motifs is 1. The van der Waals surface area contributed by atoms with Gasteiger partial charge in [0.2, 0.25) is 0 Å². The maximum absolute atomic E-state index is 5.81. The van der Waals surface area contributed by atoms with Crippen molar-refractivity contribution in [1.29, 1.82) is 0 Å². The fourth-order valence-corrected chi connectivity index (χ4v) is 2.27. The van der Waals surface area contributed by atoms with Gasteiger partial charge in [0.15, 0.2) is 11.5 Å². The molecule has 0 amide bonds. The van der Waals surface area contributed by atoms with Gasteiger partial charge < -0.3 is 5.73 Å². The predicted molar refractivity (Wildman–Crippen MR) is 66.9 cm³/mol. The van der Waals surface area contributed by atoms with Gasteiger partial charge in [-0.25, -0.2) is 9.50 Å². The Morgan fingerprint density at radius 1 is 1.47 bits per heavy atom. The van der Waals surface area contributed by atoms with E-state index in [0.717, 1.165) is 17.9 Å². The van der Waals surface area contributed by atoms with E-state index in [1.807, 2.05) is 23.7 Å². The van der Waals surface area contributed by atoms with E-state index in [1.165, 1.54) is 24.8 Å². The van der Waals surface area contributed by atoms with Gasteiger partial charge in [-0.1, -0.05) is 12.5 Å². The third-order valence-electron chi connectivity index (χ3n) is 3.44. The lowest BCUT2D eigenvalue weighted by molar-refractivity contribution is 0.402. The zero-order valence-electron chi connectivity index (χ0n) is 10.1. The molecule has 4 nitrogen and oxygen atoms in total. The van der Waals surface area contributed by atoms with Crippen LogP contribution in [0.4, 0.5) is 0 Å². The molecule has 0 radical (unpaired) electrons. The van der Waals surface area contributed by atoms with Crippen LogP contribution in [0.15, 0.2) is 18.3 Å². The predicted octanol–water partition coefficient (Wildman–Crippen LogP) is 1.89. The van der Waals surface area contributed by atoms with E-state index in [9.17, 15) is 0 Å². The molecule has 1 fully saturated rings. The van der Waals surface area contributed by atoms with Crippen molar-refractivity contribution >= 4 is 5.65 Å². The van der Waals surface area contributed by atoms with E-state index in [2.05, 4.69) is 16.1 Å². The van der Waals surface area contributed by atoms with Crippen LogP contribution < -0.4 is 5.73 Å². The van der Waals surface area contributed by atoms with Crippen molar-refractivity contribution in [2.75, 3.05) is 0 Å². The molecule has 0 aliphatic heterocycles. The molecule has 2 heterocycles. The second-order valence-corrected chi connectivity index (χ2v) is 5.12. The fourth-order valence-electron chi connectivity index (χ4n) is 2.27. The van der Waals surface area contributed by atoms with Crippen LogP contribution in [-0.4, -0.2) is 20.6 Å². The van der Waals surface area contributed by atoms with Gasteiger partial charge in [-0.2, -0.15) is 5.10 Å². The lowest BCUT2D eigenvalue weighted by atomic mass is 9.85. The Kier molecular flexibility index (Phi) is 2.59. The molecule has 1 saturated carbocycles. The minimum absolute atomic E-state index is 0.182. The molecule has 17 heavy (non-hydrogen) atoms. The summed E-state index contributed by atoms with van der Waals surface area (Å²) in [5, 5.41) is 4.57. The van der Waals surface area contributed by atoms with E-state index in [0.29, 0.717) is 5.92 Å². The van der Waals surface area contributed by atoms with Crippen molar-refractivity contribution in [3.8, 4) is 0 Å². The van der Waals surface area contributed by atoms with E-state index < -0.39 is 0 Å². The molecule has 1 aliphatic carbocycles. The summed E-state index contributed by atoms with van der Waals surface area (Å²) in [6, 6.07) is 4.31. The van der Waals surface area contributed by atoms with Crippen LogP contribution in [0.1, 0.15) is 43.5 Å². The molecular weight excluding hydrogens is 212 g/mol. The molecule has 0 bridgehead atoms. The Balaban J connectivity index is 1.92. The molecule has 2 aromatic heterocycles. The van der Waals surface area contributed by atoms with Crippen LogP contribution >= 0.6 is 0 Å². The number of aromatic nitrogens is 3. The molecule has 0 spiro atoms. The van der Waals surface area contributed by atoms with E-state index in [4.69, 9.17) is 5.73 Å². The van der Waals surface area contributed by atoms with Crippen molar-refractivity contribution in [2.24, 2.45) is 5.73 Å². The molecule has 2 N–H and O–H groups in total. The van der Waals surface area contributed by atoms with Gasteiger partial charge in [0.05, 0.1) is 0 Å². The third kappa shape index (κ3) is 2.05. The Morgan fingerprint density at radius 2 is 2.29 bits per heavy atom. The second kappa shape index (κ2) is 4.11. The maximum atomic E-state index is 5.81. The molecule has 0 aromatic carbocycles. The number of pyridine rings is 1. The van der Waals surface area contributed by atoms with Gasteiger partial charge in [-0.15, -0.1) is 0 Å². The summed E-state index contributed by atoms with van der Waals surface area (Å²) in [7, 11) is 0. The van der Waals surface area contributed by atoms with Crippen molar-refractivity contribution in [1.82, 2.24) is 14.6 Å². The summed E-state index contributed by atoms with van der Waals surface area (Å²) in [6.07, 6.45) is 6.73. The number of hydrogen-bond acceptors (Lipinski definition) is 3. The first kappa shape index (κ1) is 10.7. The average molecular weight is 230 g/mol. The number of nitrogens with zero attached hydrogens (tertiary/aromatic N) is 3. The van der Waals surface area contributed by atoms with Gasteiger partial charge in [0, 0.05) is 18.2 Å². The van der Waals surface area contributed by atoms with Gasteiger partial charge in [-0.05, 0) is 37.8 Å². The van der Waals surface area contributed by atoms with Crippen LogP contribution in [0.2, 0.25) is 0 Å². The minimum atomic E-state index is 0.182. The maximum Gasteiger partial charge on any atom is 0.155 e. The summed E-state index contributed by atoms with van der Waals surface area (Å²) in [5.41, 5.74) is 7.97. The molecule has 3 rings (SSSR count). The topological polar surface area (TPSA) is 56.2 Å². The zero-order chi connectivity index (χ0) is 11.8. The highest BCUT2D eigenvalue weighted by Crippen LogP contribution is 2.34. The van der Waals surface area contributed by atoms with Crippen molar-refractivity contribution in [2.45, 2.75) is 44.6 Å². The lowest BCUT2D eigenvalue weighted by Crippen LogP contribution is -2.18. The fraction of sp³-hybridized carbons (Fsp3) is 0.538. The molecule has 1 aliphatic rings. The largest absolute Gasteiger partial charge is 0.328 e. The first-order valence-electron chi connectivity index (χ1n) is 6.33. The molecule has 4 heteroatoms. The summed E-state index contributed by atoms with van der Waals surface area (Å²) in [6.45, 7) is 2.02. The molecule has 0 saturated heterocycles. The summed E-state index contributed by atoms with van der Waals surface area (Å²) in [4.78, 5) is 4.58. The summed E-state index contributed by atoms with van der Waals surface area (Å²) < 4.78 is 1.89. The second-order valence-electron chi connectivity index (χ2n) is 5.12. The Morgan fingerprint density at radius 3 is 2.94 bits per heavy atom. The number of hydrogen-bond donors (Lipinski definition) is 1. The summed E-state index contributed by atoms with van der Waals surface area (Å²) >= 11 is 0. The first-order chi connectivity index (χ1) is 8.22. The van der Waals surface area contributed by atoms with E-state index in [1.54, 1.807) is 0 Å². The molecular formula is C13H18N4. The standard InChI is InChI=1S/C13H18N4/c1-9(14)7-10-5-6-12-15-13(11-3-2-4-11)16-17(12)8-10/h5-6,8-9,11H,2-4,7,14H2,1H3. The van der Waals surface area contributed by atoms with Gasteiger partial charge in [-0.3, -0.25) is 0 Å².